The van der Waals surface area contributed by atoms with Crippen LogP contribution in [0.25, 0.3) is 0 Å². The monoisotopic (exact) mass is 208 g/mol. The van der Waals surface area contributed by atoms with E-state index in [2.05, 4.69) is 0 Å². The highest BCUT2D eigenvalue weighted by atomic mass is 19.3. The highest BCUT2D eigenvalue weighted by molar-refractivity contribution is 4.94. The molecule has 8 heteroatoms. The third kappa shape index (κ3) is 1.28. The number of rotatable bonds is 1. The molecule has 1 aliphatic heterocycles. The first kappa shape index (κ1) is 10.6. The number of nitrogens with one attached hydrogen (secondary N) is 1. The molecular weight excluding hydrogens is 202 g/mol. The molecule has 1 fully saturated rings. The van der Waals surface area contributed by atoms with Gasteiger partial charge in [-0.2, -0.15) is 36.6 Å². The van der Waals surface area contributed by atoms with Crippen LogP contribution in [-0.2, 0) is 0 Å². The van der Waals surface area contributed by atoms with E-state index in [0.717, 1.165) is 6.92 Å². The molecule has 1 heterocycles. The molecular formula is C5H6F6N2. The molecule has 0 aromatic heterocycles. The SMILES string of the molecule is CCN1C(F)(F)NC(F)(F)C1(F)F. The molecule has 78 valence electrons. The molecule has 0 aromatic carbocycles. The van der Waals surface area contributed by atoms with E-state index in [-0.39, 0.29) is 5.32 Å². The molecule has 0 aromatic rings. The normalized spacial score (nSPS) is 30.7. The molecule has 0 saturated carbocycles. The standard InChI is InChI=1S/C5H6F6N2/c1-2-13-4(8,9)3(6,7)12-5(13,10)11/h12H,2H2,1H3. The number of alkyl halides is 6. The van der Waals surface area contributed by atoms with E-state index in [0.29, 0.717) is 0 Å². The van der Waals surface area contributed by atoms with Gasteiger partial charge in [0, 0.05) is 6.54 Å². The van der Waals surface area contributed by atoms with Gasteiger partial charge in [-0.25, -0.2) is 0 Å². The molecule has 13 heavy (non-hydrogen) atoms. The van der Waals surface area contributed by atoms with Gasteiger partial charge < -0.3 is 0 Å². The van der Waals surface area contributed by atoms with Crippen LogP contribution in [0.5, 0.6) is 0 Å². The zero-order valence-corrected chi connectivity index (χ0v) is 6.42. The summed E-state index contributed by atoms with van der Waals surface area (Å²) in [6.45, 7) is 0.0491. The molecule has 0 aliphatic carbocycles. The molecule has 0 bridgehead atoms. The molecule has 1 saturated heterocycles. The third-order valence-electron chi connectivity index (χ3n) is 1.68. The lowest BCUT2D eigenvalue weighted by Crippen LogP contribution is -2.49. The number of likely N-dealkylation sites (N-methyl/N-ethyl adjacent to an activating group) is 1. The van der Waals surface area contributed by atoms with Crippen molar-refractivity contribution in [2.75, 3.05) is 6.54 Å². The first-order chi connectivity index (χ1) is 5.65. The molecule has 1 rings (SSSR count). The Labute approximate surface area is 69.5 Å². The second-order valence-electron chi connectivity index (χ2n) is 2.53. The van der Waals surface area contributed by atoms with Crippen LogP contribution in [0.2, 0.25) is 0 Å². The lowest BCUT2D eigenvalue weighted by Gasteiger charge is -2.25. The summed E-state index contributed by atoms with van der Waals surface area (Å²) in [5.74, 6) is 0. The maximum Gasteiger partial charge on any atom is 0.388 e. The Bertz CT molecular complexity index is 215. The quantitative estimate of drug-likeness (QED) is 0.520. The zero-order chi connectivity index (χ0) is 10.5. The summed E-state index contributed by atoms with van der Waals surface area (Å²) in [4.78, 5) is -0.889. The van der Waals surface area contributed by atoms with E-state index in [1.807, 2.05) is 0 Å². The molecule has 1 N–H and O–H groups in total. The first-order valence-corrected chi connectivity index (χ1v) is 3.35. The second-order valence-corrected chi connectivity index (χ2v) is 2.53. The highest BCUT2D eigenvalue weighted by Crippen LogP contribution is 2.46. The van der Waals surface area contributed by atoms with E-state index in [4.69, 9.17) is 0 Å². The summed E-state index contributed by atoms with van der Waals surface area (Å²) in [6, 6.07) is -9.78. The number of nitrogens with zero attached hydrogens (tertiary/aromatic N) is 1. The van der Waals surface area contributed by atoms with E-state index in [1.54, 1.807) is 0 Å². The van der Waals surface area contributed by atoms with Crippen LogP contribution in [0, 0.1) is 0 Å². The van der Waals surface area contributed by atoms with E-state index < -0.39 is 29.7 Å². The fourth-order valence-electron chi connectivity index (χ4n) is 1.07. The van der Waals surface area contributed by atoms with Crippen molar-refractivity contribution < 1.29 is 26.3 Å². The largest absolute Gasteiger partial charge is 0.388 e. The van der Waals surface area contributed by atoms with Gasteiger partial charge in [-0.05, 0) is 0 Å². The smallest absolute Gasteiger partial charge is 0.180 e. The maximum atomic E-state index is 12.5. The lowest BCUT2D eigenvalue weighted by atomic mass is 10.4. The van der Waals surface area contributed by atoms with Crippen LogP contribution >= 0.6 is 0 Å². The van der Waals surface area contributed by atoms with Gasteiger partial charge in [-0.15, -0.1) is 0 Å². The van der Waals surface area contributed by atoms with Crippen molar-refractivity contribution in [2.45, 2.75) is 25.2 Å². The van der Waals surface area contributed by atoms with E-state index in [9.17, 15) is 26.3 Å². The summed E-state index contributed by atoms with van der Waals surface area (Å²) < 4.78 is 74.5. The summed E-state index contributed by atoms with van der Waals surface area (Å²) in [7, 11) is 0. The summed E-state index contributed by atoms with van der Waals surface area (Å²) in [5.41, 5.74) is 0. The van der Waals surface area contributed by atoms with Gasteiger partial charge in [0.1, 0.15) is 0 Å². The van der Waals surface area contributed by atoms with E-state index >= 15 is 0 Å². The minimum absolute atomic E-state index is 0.270. The van der Waals surface area contributed by atoms with Gasteiger partial charge in [0.05, 0.1) is 0 Å². The average Bonchev–Trinajstić information content (AvgIpc) is 1.93. The summed E-state index contributed by atoms with van der Waals surface area (Å²) in [5, 5.41) is 0.270. The van der Waals surface area contributed by atoms with Crippen LogP contribution in [-0.4, -0.2) is 29.7 Å². The van der Waals surface area contributed by atoms with Crippen LogP contribution in [0.15, 0.2) is 0 Å². The highest BCUT2D eigenvalue weighted by Gasteiger charge is 2.75. The van der Waals surface area contributed by atoms with Crippen molar-refractivity contribution in [1.82, 2.24) is 10.2 Å². The van der Waals surface area contributed by atoms with Crippen molar-refractivity contribution in [2.24, 2.45) is 0 Å². The number of hydrogen-bond donors (Lipinski definition) is 1. The molecule has 0 unspecified atom stereocenters. The Morgan fingerprint density at radius 1 is 1.08 bits per heavy atom. The Balaban J connectivity index is 3.07. The number of hydrogen-bond acceptors (Lipinski definition) is 2. The van der Waals surface area contributed by atoms with Crippen molar-refractivity contribution in [1.29, 1.82) is 0 Å². The maximum absolute atomic E-state index is 12.5. The van der Waals surface area contributed by atoms with Crippen LogP contribution < -0.4 is 5.32 Å². The van der Waals surface area contributed by atoms with Gasteiger partial charge in [0.25, 0.3) is 0 Å². The van der Waals surface area contributed by atoms with Crippen molar-refractivity contribution >= 4 is 0 Å². The Morgan fingerprint density at radius 2 is 1.54 bits per heavy atom. The summed E-state index contributed by atoms with van der Waals surface area (Å²) in [6.07, 6.45) is -4.39. The first-order valence-electron chi connectivity index (χ1n) is 3.35. The van der Waals surface area contributed by atoms with Gasteiger partial charge in [-0.3, -0.25) is 0 Å². The van der Waals surface area contributed by atoms with Gasteiger partial charge in [0.2, 0.25) is 0 Å². The fourth-order valence-corrected chi connectivity index (χ4v) is 1.07. The molecule has 0 atom stereocenters. The van der Waals surface area contributed by atoms with Crippen molar-refractivity contribution in [3.05, 3.63) is 0 Å². The van der Waals surface area contributed by atoms with E-state index in [1.165, 1.54) is 0 Å². The Kier molecular flexibility index (Phi) is 2.04. The molecule has 0 spiro atoms. The second kappa shape index (κ2) is 2.50. The topological polar surface area (TPSA) is 15.3 Å². The van der Waals surface area contributed by atoms with Crippen molar-refractivity contribution in [3.8, 4) is 0 Å². The molecule has 0 amide bonds. The Hall–Kier alpha value is -0.500. The third-order valence-corrected chi connectivity index (χ3v) is 1.68. The van der Waals surface area contributed by atoms with Crippen LogP contribution in [0.3, 0.4) is 0 Å². The molecule has 1 aliphatic rings. The molecule has 2 nitrogen and oxygen atoms in total. The lowest BCUT2D eigenvalue weighted by molar-refractivity contribution is -0.273. The van der Waals surface area contributed by atoms with Gasteiger partial charge in [-0.1, -0.05) is 6.92 Å². The minimum Gasteiger partial charge on any atom is -0.180 e. The summed E-state index contributed by atoms with van der Waals surface area (Å²) >= 11 is 0. The van der Waals surface area contributed by atoms with Crippen LogP contribution in [0.1, 0.15) is 6.92 Å². The predicted molar refractivity (Wildman–Crippen MR) is 30.4 cm³/mol. The van der Waals surface area contributed by atoms with Gasteiger partial charge in [0.15, 0.2) is 0 Å². The fraction of sp³-hybridized carbons (Fsp3) is 1.00. The average molecular weight is 208 g/mol. The Morgan fingerprint density at radius 3 is 1.69 bits per heavy atom. The molecule has 0 radical (unpaired) electrons. The minimum atomic E-state index is -4.91. The van der Waals surface area contributed by atoms with Gasteiger partial charge >= 0.3 is 18.3 Å². The predicted octanol–water partition coefficient (Wildman–Crippen LogP) is 1.65. The zero-order valence-electron chi connectivity index (χ0n) is 6.42. The van der Waals surface area contributed by atoms with Crippen LogP contribution in [0.4, 0.5) is 26.3 Å². The van der Waals surface area contributed by atoms with Crippen molar-refractivity contribution in [3.63, 3.8) is 0 Å². The number of halogens is 6.